The number of hydrogen-bond donors (Lipinski definition) is 2. The third-order valence-electron chi connectivity index (χ3n) is 2.84. The summed E-state index contributed by atoms with van der Waals surface area (Å²) >= 11 is 0. The number of nitrogens with one attached hydrogen (secondary N) is 1. The first-order valence-corrected chi connectivity index (χ1v) is 6.49. The standard InChI is InChI=1S/C13H21N3O5/c1-12(2,3)21-11(17)15-8-13(4,7-14)9-5-6-10(20-9)16(18)19/h5-6H,7-8,14H2,1-4H3,(H,15,17). The molecule has 8 nitrogen and oxygen atoms in total. The molecular weight excluding hydrogens is 278 g/mol. The zero-order chi connectivity index (χ0) is 16.3. The van der Waals surface area contributed by atoms with Gasteiger partial charge in [0.2, 0.25) is 0 Å². The molecule has 0 saturated carbocycles. The molecule has 1 aromatic rings. The van der Waals surface area contributed by atoms with E-state index in [0.29, 0.717) is 5.76 Å². The summed E-state index contributed by atoms with van der Waals surface area (Å²) in [5.74, 6) is -0.0188. The summed E-state index contributed by atoms with van der Waals surface area (Å²) in [5.41, 5.74) is 4.35. The second-order valence-electron chi connectivity index (χ2n) is 6.02. The Balaban J connectivity index is 2.75. The minimum atomic E-state index is -0.759. The average Bonchev–Trinajstić information content (AvgIpc) is 2.84. The molecule has 3 N–H and O–H groups in total. The van der Waals surface area contributed by atoms with Crippen LogP contribution in [-0.2, 0) is 10.2 Å². The predicted molar refractivity (Wildman–Crippen MR) is 76.0 cm³/mol. The average molecular weight is 299 g/mol. The molecule has 0 radical (unpaired) electrons. The van der Waals surface area contributed by atoms with Gasteiger partial charge in [-0.15, -0.1) is 0 Å². The van der Waals surface area contributed by atoms with Crippen molar-refractivity contribution in [1.82, 2.24) is 5.32 Å². The minimum Gasteiger partial charge on any atom is -0.444 e. The van der Waals surface area contributed by atoms with E-state index in [1.165, 1.54) is 12.1 Å². The summed E-state index contributed by atoms with van der Waals surface area (Å²) < 4.78 is 10.3. The van der Waals surface area contributed by atoms with Crippen LogP contribution in [0.4, 0.5) is 10.7 Å². The van der Waals surface area contributed by atoms with Crippen molar-refractivity contribution >= 4 is 12.0 Å². The van der Waals surface area contributed by atoms with E-state index in [4.69, 9.17) is 14.9 Å². The van der Waals surface area contributed by atoms with Crippen LogP contribution >= 0.6 is 0 Å². The van der Waals surface area contributed by atoms with Crippen molar-refractivity contribution in [3.05, 3.63) is 28.0 Å². The van der Waals surface area contributed by atoms with Gasteiger partial charge in [0.15, 0.2) is 0 Å². The first-order valence-electron chi connectivity index (χ1n) is 6.49. The van der Waals surface area contributed by atoms with Gasteiger partial charge >= 0.3 is 12.0 Å². The number of nitro groups is 1. The predicted octanol–water partition coefficient (Wildman–Crippen LogP) is 1.93. The Hall–Kier alpha value is -2.09. The summed E-state index contributed by atoms with van der Waals surface area (Å²) in [6.07, 6.45) is -0.580. The highest BCUT2D eigenvalue weighted by Crippen LogP contribution is 2.27. The number of alkyl carbamates (subject to hydrolysis) is 1. The monoisotopic (exact) mass is 299 g/mol. The van der Waals surface area contributed by atoms with Gasteiger partial charge in [-0.25, -0.2) is 4.79 Å². The molecule has 1 atom stereocenters. The van der Waals surface area contributed by atoms with Crippen LogP contribution < -0.4 is 11.1 Å². The van der Waals surface area contributed by atoms with E-state index in [9.17, 15) is 14.9 Å². The molecule has 0 spiro atoms. The van der Waals surface area contributed by atoms with Crippen molar-refractivity contribution < 1.29 is 18.9 Å². The molecule has 0 aromatic carbocycles. The number of amides is 1. The fourth-order valence-corrected chi connectivity index (χ4v) is 1.59. The Morgan fingerprint density at radius 2 is 2.05 bits per heavy atom. The number of carbonyl (C=O) groups is 1. The van der Waals surface area contributed by atoms with E-state index in [2.05, 4.69) is 5.32 Å². The van der Waals surface area contributed by atoms with E-state index in [1.54, 1.807) is 27.7 Å². The Morgan fingerprint density at radius 1 is 1.43 bits per heavy atom. The summed E-state index contributed by atoms with van der Waals surface area (Å²) in [6.45, 7) is 7.29. The number of carbonyl (C=O) groups excluding carboxylic acids is 1. The van der Waals surface area contributed by atoms with Crippen molar-refractivity contribution in [3.8, 4) is 0 Å². The normalized spacial score (nSPS) is 14.3. The number of furan rings is 1. The highest BCUT2D eigenvalue weighted by atomic mass is 16.6. The van der Waals surface area contributed by atoms with E-state index < -0.39 is 22.0 Å². The SMILES string of the molecule is CC(C)(C)OC(=O)NCC(C)(CN)c1ccc([N+](=O)[O-])o1. The lowest BCUT2D eigenvalue weighted by molar-refractivity contribution is -0.402. The Kier molecular flexibility index (Phi) is 4.95. The lowest BCUT2D eigenvalue weighted by Gasteiger charge is -2.27. The third-order valence-corrected chi connectivity index (χ3v) is 2.84. The Bertz CT molecular complexity index is 520. The first-order chi connectivity index (χ1) is 9.57. The summed E-state index contributed by atoms with van der Waals surface area (Å²) in [7, 11) is 0. The first kappa shape index (κ1) is 17.0. The van der Waals surface area contributed by atoms with Crippen LogP contribution in [0.15, 0.2) is 16.5 Å². The van der Waals surface area contributed by atoms with Crippen molar-refractivity contribution in [2.75, 3.05) is 13.1 Å². The van der Waals surface area contributed by atoms with Crippen molar-refractivity contribution in [2.45, 2.75) is 38.7 Å². The van der Waals surface area contributed by atoms with Crippen molar-refractivity contribution in [1.29, 1.82) is 0 Å². The van der Waals surface area contributed by atoms with Gasteiger partial charge in [-0.3, -0.25) is 10.1 Å². The van der Waals surface area contributed by atoms with Gasteiger partial charge < -0.3 is 20.2 Å². The van der Waals surface area contributed by atoms with Crippen LogP contribution in [-0.4, -0.2) is 29.7 Å². The molecular formula is C13H21N3O5. The molecule has 1 rings (SSSR count). The smallest absolute Gasteiger partial charge is 0.433 e. The van der Waals surface area contributed by atoms with Crippen LogP contribution in [0.3, 0.4) is 0 Å². The molecule has 0 saturated heterocycles. The zero-order valence-corrected chi connectivity index (χ0v) is 12.6. The van der Waals surface area contributed by atoms with Crippen LogP contribution in [0.25, 0.3) is 0 Å². The zero-order valence-electron chi connectivity index (χ0n) is 12.6. The van der Waals surface area contributed by atoms with E-state index in [1.807, 2.05) is 0 Å². The summed E-state index contributed by atoms with van der Waals surface area (Å²) in [4.78, 5) is 21.7. The van der Waals surface area contributed by atoms with Gasteiger partial charge in [0.1, 0.15) is 16.3 Å². The number of nitrogens with zero attached hydrogens (tertiary/aromatic N) is 1. The lowest BCUT2D eigenvalue weighted by Crippen LogP contribution is -2.45. The second kappa shape index (κ2) is 6.13. The van der Waals surface area contributed by atoms with Gasteiger partial charge in [0.05, 0.1) is 11.5 Å². The maximum atomic E-state index is 11.7. The van der Waals surface area contributed by atoms with E-state index >= 15 is 0 Å². The topological polar surface area (TPSA) is 121 Å². The highest BCUT2D eigenvalue weighted by Gasteiger charge is 2.32. The summed E-state index contributed by atoms with van der Waals surface area (Å²) in [5, 5.41) is 13.2. The Labute approximate surface area is 122 Å². The molecule has 0 aliphatic carbocycles. The molecule has 1 heterocycles. The van der Waals surface area contributed by atoms with Crippen LogP contribution in [0.5, 0.6) is 0 Å². The molecule has 0 aliphatic heterocycles. The van der Waals surface area contributed by atoms with Gasteiger partial charge in [0.25, 0.3) is 0 Å². The Morgan fingerprint density at radius 3 is 2.48 bits per heavy atom. The molecule has 1 aromatic heterocycles. The fraction of sp³-hybridized carbons (Fsp3) is 0.615. The van der Waals surface area contributed by atoms with Crippen LogP contribution in [0.2, 0.25) is 0 Å². The second-order valence-corrected chi connectivity index (χ2v) is 6.02. The van der Waals surface area contributed by atoms with Gasteiger partial charge in [-0.1, -0.05) is 0 Å². The number of nitrogens with two attached hydrogens (primary N) is 1. The number of ether oxygens (including phenoxy) is 1. The van der Waals surface area contributed by atoms with E-state index in [-0.39, 0.29) is 19.0 Å². The van der Waals surface area contributed by atoms with Crippen LogP contribution in [0, 0.1) is 10.1 Å². The van der Waals surface area contributed by atoms with Gasteiger partial charge in [-0.05, 0) is 33.8 Å². The maximum Gasteiger partial charge on any atom is 0.433 e. The molecule has 8 heteroatoms. The minimum absolute atomic E-state index is 0.142. The molecule has 1 unspecified atom stereocenters. The maximum absolute atomic E-state index is 11.7. The largest absolute Gasteiger partial charge is 0.444 e. The quantitative estimate of drug-likeness (QED) is 0.633. The van der Waals surface area contributed by atoms with Crippen molar-refractivity contribution in [2.24, 2.45) is 5.73 Å². The summed E-state index contributed by atoms with van der Waals surface area (Å²) in [6, 6.07) is 2.75. The van der Waals surface area contributed by atoms with Crippen LogP contribution in [0.1, 0.15) is 33.5 Å². The molecule has 118 valence electrons. The third kappa shape index (κ3) is 4.75. The van der Waals surface area contributed by atoms with Gasteiger partial charge in [0, 0.05) is 13.1 Å². The highest BCUT2D eigenvalue weighted by molar-refractivity contribution is 5.67. The molecule has 21 heavy (non-hydrogen) atoms. The van der Waals surface area contributed by atoms with E-state index in [0.717, 1.165) is 0 Å². The molecule has 0 bridgehead atoms. The fourth-order valence-electron chi connectivity index (χ4n) is 1.59. The molecule has 0 aliphatic rings. The van der Waals surface area contributed by atoms with Crippen molar-refractivity contribution in [3.63, 3.8) is 0 Å². The van der Waals surface area contributed by atoms with Gasteiger partial charge in [-0.2, -0.15) is 0 Å². The number of hydrogen-bond acceptors (Lipinski definition) is 6. The molecule has 1 amide bonds. The lowest BCUT2D eigenvalue weighted by atomic mass is 9.88. The number of rotatable bonds is 5. The molecule has 0 fully saturated rings.